The second kappa shape index (κ2) is 8.74. The molecule has 1 aliphatic heterocycles. The Morgan fingerprint density at radius 3 is 2.58 bits per heavy atom. The normalized spacial score (nSPS) is 16.3. The third-order valence-corrected chi connectivity index (χ3v) is 7.28. The summed E-state index contributed by atoms with van der Waals surface area (Å²) in [5.41, 5.74) is 5.97. The Kier molecular flexibility index (Phi) is 5.78. The van der Waals surface area contributed by atoms with Gasteiger partial charge in [-0.3, -0.25) is 4.90 Å². The number of halogens is 1. The van der Waals surface area contributed by atoms with Crippen molar-refractivity contribution in [2.75, 3.05) is 4.90 Å². The van der Waals surface area contributed by atoms with Gasteiger partial charge in [-0.25, -0.2) is 0 Å². The SMILES string of the molecule is CC1=C(c2nc(-c3cccs3)no2)C(c2ccc(C)cc2)NC(=S)N1c1ccc(Cl)c(C)c1. The molecule has 33 heavy (non-hydrogen) atoms. The van der Waals surface area contributed by atoms with E-state index in [4.69, 9.17) is 33.3 Å². The standard InChI is InChI=1S/C25H21ClN4OS2/c1-14-6-8-17(9-7-14)22-21(24-28-23(29-31-24)20-5-4-12-33-20)16(3)30(25(32)27-22)18-10-11-19(26)15(2)13-18/h4-13,22H,1-3H3,(H,27,32). The second-order valence-corrected chi connectivity index (χ2v) is 9.70. The number of hydrogen-bond donors (Lipinski definition) is 1. The van der Waals surface area contributed by atoms with E-state index in [0.717, 1.165) is 33.0 Å². The monoisotopic (exact) mass is 492 g/mol. The summed E-state index contributed by atoms with van der Waals surface area (Å²) >= 11 is 13.7. The highest BCUT2D eigenvalue weighted by Gasteiger charge is 2.35. The van der Waals surface area contributed by atoms with Gasteiger partial charge >= 0.3 is 0 Å². The lowest BCUT2D eigenvalue weighted by molar-refractivity contribution is 0.404. The molecule has 2 aromatic carbocycles. The average Bonchev–Trinajstić information content (AvgIpc) is 3.48. The largest absolute Gasteiger partial charge is 0.351 e. The Hall–Kier alpha value is -3.00. The van der Waals surface area contributed by atoms with Gasteiger partial charge in [-0.2, -0.15) is 4.98 Å². The number of anilines is 1. The highest BCUT2D eigenvalue weighted by molar-refractivity contribution is 7.80. The van der Waals surface area contributed by atoms with Crippen molar-refractivity contribution in [1.82, 2.24) is 15.5 Å². The number of nitrogens with one attached hydrogen (secondary N) is 1. The van der Waals surface area contributed by atoms with E-state index in [1.165, 1.54) is 5.56 Å². The molecule has 5 rings (SSSR count). The minimum absolute atomic E-state index is 0.223. The predicted octanol–water partition coefficient (Wildman–Crippen LogP) is 6.94. The van der Waals surface area contributed by atoms with Gasteiger partial charge in [-0.1, -0.05) is 52.7 Å². The number of rotatable bonds is 4. The van der Waals surface area contributed by atoms with Gasteiger partial charge in [0, 0.05) is 16.4 Å². The van der Waals surface area contributed by atoms with E-state index in [0.29, 0.717) is 21.9 Å². The molecule has 1 unspecified atom stereocenters. The fourth-order valence-corrected chi connectivity index (χ4v) is 5.07. The van der Waals surface area contributed by atoms with Crippen molar-refractivity contribution < 1.29 is 4.52 Å². The van der Waals surface area contributed by atoms with Crippen molar-refractivity contribution in [3.8, 4) is 10.7 Å². The molecule has 8 heteroatoms. The molecule has 0 fully saturated rings. The Morgan fingerprint density at radius 1 is 1.09 bits per heavy atom. The summed E-state index contributed by atoms with van der Waals surface area (Å²) in [7, 11) is 0. The van der Waals surface area contributed by atoms with Crippen molar-refractivity contribution in [1.29, 1.82) is 0 Å². The highest BCUT2D eigenvalue weighted by Crippen LogP contribution is 2.40. The summed E-state index contributed by atoms with van der Waals surface area (Å²) in [6.07, 6.45) is 0. The van der Waals surface area contributed by atoms with E-state index < -0.39 is 0 Å². The molecule has 0 bridgehead atoms. The van der Waals surface area contributed by atoms with Gasteiger partial charge in [0.05, 0.1) is 16.5 Å². The maximum absolute atomic E-state index is 6.27. The van der Waals surface area contributed by atoms with Gasteiger partial charge in [-0.15, -0.1) is 11.3 Å². The van der Waals surface area contributed by atoms with Crippen LogP contribution in [0.25, 0.3) is 16.3 Å². The second-order valence-electron chi connectivity index (χ2n) is 7.96. The topological polar surface area (TPSA) is 54.2 Å². The highest BCUT2D eigenvalue weighted by atomic mass is 35.5. The molecule has 4 aromatic rings. The molecule has 5 nitrogen and oxygen atoms in total. The van der Waals surface area contributed by atoms with Crippen molar-refractivity contribution in [2.24, 2.45) is 0 Å². The summed E-state index contributed by atoms with van der Waals surface area (Å²) in [6.45, 7) is 6.08. The van der Waals surface area contributed by atoms with Crippen LogP contribution in [0.4, 0.5) is 5.69 Å². The molecule has 0 amide bonds. The molecular formula is C25H21ClN4OS2. The Bertz CT molecular complexity index is 1360. The Morgan fingerprint density at radius 2 is 1.88 bits per heavy atom. The number of aromatic nitrogens is 2. The fourth-order valence-electron chi connectivity index (χ4n) is 3.95. The first-order chi connectivity index (χ1) is 15.9. The van der Waals surface area contributed by atoms with Gasteiger partial charge in [0.25, 0.3) is 5.89 Å². The number of aryl methyl sites for hydroxylation is 2. The minimum Gasteiger partial charge on any atom is -0.351 e. The first kappa shape index (κ1) is 21.8. The van der Waals surface area contributed by atoms with E-state index in [2.05, 4.69) is 41.7 Å². The number of allylic oxidation sites excluding steroid dienone is 1. The molecule has 1 N–H and O–H groups in total. The molecule has 1 atom stereocenters. The number of nitrogens with zero attached hydrogens (tertiary/aromatic N) is 3. The van der Waals surface area contributed by atoms with Gasteiger partial charge < -0.3 is 9.84 Å². The predicted molar refractivity (Wildman–Crippen MR) is 139 cm³/mol. The quantitative estimate of drug-likeness (QED) is 0.311. The van der Waals surface area contributed by atoms with Crippen LogP contribution in [0.2, 0.25) is 5.02 Å². The van der Waals surface area contributed by atoms with Gasteiger partial charge in [0.1, 0.15) is 0 Å². The number of thiophene rings is 1. The van der Waals surface area contributed by atoms with E-state index in [-0.39, 0.29) is 6.04 Å². The van der Waals surface area contributed by atoms with Crippen LogP contribution in [0, 0.1) is 13.8 Å². The molecular weight excluding hydrogens is 472 g/mol. The van der Waals surface area contributed by atoms with Crippen molar-refractivity contribution in [2.45, 2.75) is 26.8 Å². The van der Waals surface area contributed by atoms with Crippen molar-refractivity contribution in [3.05, 3.63) is 93.3 Å². The number of hydrogen-bond acceptors (Lipinski definition) is 5. The molecule has 0 spiro atoms. The summed E-state index contributed by atoms with van der Waals surface area (Å²) in [6, 6.07) is 18.0. The smallest absolute Gasteiger partial charge is 0.258 e. The number of benzene rings is 2. The molecule has 0 saturated heterocycles. The number of thiocarbonyl (C=S) groups is 1. The lowest BCUT2D eigenvalue weighted by atomic mass is 9.94. The van der Waals surface area contributed by atoms with Crippen LogP contribution in [-0.2, 0) is 0 Å². The van der Waals surface area contributed by atoms with Crippen LogP contribution in [-0.4, -0.2) is 15.3 Å². The molecule has 3 heterocycles. The minimum atomic E-state index is -0.223. The maximum Gasteiger partial charge on any atom is 0.258 e. The van der Waals surface area contributed by atoms with E-state index in [9.17, 15) is 0 Å². The van der Waals surface area contributed by atoms with Crippen LogP contribution in [0.15, 0.2) is 70.2 Å². The lowest BCUT2D eigenvalue weighted by Crippen LogP contribution is -2.46. The summed E-state index contributed by atoms with van der Waals surface area (Å²) in [5.74, 6) is 1.04. The first-order valence-corrected chi connectivity index (χ1v) is 12.1. The van der Waals surface area contributed by atoms with Crippen molar-refractivity contribution >= 4 is 51.5 Å². The van der Waals surface area contributed by atoms with Crippen LogP contribution in [0.3, 0.4) is 0 Å². The Balaban J connectivity index is 1.67. The zero-order chi connectivity index (χ0) is 23.1. The zero-order valence-corrected chi connectivity index (χ0v) is 20.7. The van der Waals surface area contributed by atoms with Crippen LogP contribution in [0.5, 0.6) is 0 Å². The molecule has 0 saturated carbocycles. The van der Waals surface area contributed by atoms with Crippen LogP contribution in [0.1, 0.15) is 35.5 Å². The van der Waals surface area contributed by atoms with Gasteiger partial charge in [0.2, 0.25) is 5.82 Å². The first-order valence-electron chi connectivity index (χ1n) is 10.4. The molecule has 0 aliphatic carbocycles. The van der Waals surface area contributed by atoms with Crippen LogP contribution >= 0.6 is 35.2 Å². The average molecular weight is 493 g/mol. The van der Waals surface area contributed by atoms with Gasteiger partial charge in [-0.05, 0) is 73.8 Å². The Labute approximate surface area is 206 Å². The van der Waals surface area contributed by atoms with E-state index in [1.807, 2.05) is 54.5 Å². The van der Waals surface area contributed by atoms with Gasteiger partial charge in [0.15, 0.2) is 5.11 Å². The summed E-state index contributed by atoms with van der Waals surface area (Å²) < 4.78 is 5.79. The van der Waals surface area contributed by atoms with Crippen molar-refractivity contribution in [3.63, 3.8) is 0 Å². The maximum atomic E-state index is 6.27. The zero-order valence-electron chi connectivity index (χ0n) is 18.3. The fraction of sp³-hybridized carbons (Fsp3) is 0.160. The third-order valence-electron chi connectivity index (χ3n) is 5.69. The van der Waals surface area contributed by atoms with E-state index >= 15 is 0 Å². The summed E-state index contributed by atoms with van der Waals surface area (Å²) in [4.78, 5) is 7.70. The summed E-state index contributed by atoms with van der Waals surface area (Å²) in [5, 5.41) is 11.1. The molecule has 1 aliphatic rings. The third kappa shape index (κ3) is 4.08. The molecule has 0 radical (unpaired) electrons. The van der Waals surface area contributed by atoms with E-state index in [1.54, 1.807) is 11.3 Å². The molecule has 166 valence electrons. The lowest BCUT2D eigenvalue weighted by Gasteiger charge is -2.37. The molecule has 2 aromatic heterocycles. The van der Waals surface area contributed by atoms with Crippen LogP contribution < -0.4 is 10.2 Å².